The molecule has 0 bridgehead atoms. The fourth-order valence-corrected chi connectivity index (χ4v) is 3.93. The van der Waals surface area contributed by atoms with Gasteiger partial charge < -0.3 is 10.6 Å². The van der Waals surface area contributed by atoms with Crippen LogP contribution in [0.15, 0.2) is 52.9 Å². The molecule has 0 aliphatic heterocycles. The van der Waals surface area contributed by atoms with Gasteiger partial charge in [0.2, 0.25) is 11.0 Å². The zero-order chi connectivity index (χ0) is 17.6. The van der Waals surface area contributed by atoms with Crippen LogP contribution < -0.4 is 10.6 Å². The second-order valence-electron chi connectivity index (χ2n) is 5.16. The van der Waals surface area contributed by atoms with Crippen LogP contribution in [0.25, 0.3) is 0 Å². The van der Waals surface area contributed by atoms with E-state index >= 15 is 0 Å². The number of rotatable bonds is 6. The second-order valence-corrected chi connectivity index (χ2v) is 8.60. The molecule has 0 aliphatic carbocycles. The number of carbonyl (C=O) groups is 1. The molecule has 128 valence electrons. The van der Waals surface area contributed by atoms with E-state index in [-0.39, 0.29) is 5.91 Å². The molecule has 8 heteroatoms. The lowest BCUT2D eigenvalue weighted by atomic mass is 10.2. The summed E-state index contributed by atoms with van der Waals surface area (Å²) in [6, 6.07) is 15.7. The Morgan fingerprint density at radius 1 is 1.16 bits per heavy atom. The number of anilines is 3. The topological polar surface area (TPSA) is 66.9 Å². The van der Waals surface area contributed by atoms with E-state index in [4.69, 9.17) is 0 Å². The highest BCUT2D eigenvalue weighted by Crippen LogP contribution is 2.28. The summed E-state index contributed by atoms with van der Waals surface area (Å²) in [5.41, 5.74) is 2.95. The minimum absolute atomic E-state index is 0.0604. The number of nitrogens with one attached hydrogen (secondary N) is 2. The first kappa shape index (κ1) is 18.2. The number of thioether (sulfide) groups is 1. The molecule has 0 saturated carbocycles. The molecule has 0 aliphatic rings. The Morgan fingerprint density at radius 2 is 1.92 bits per heavy atom. The zero-order valence-corrected chi connectivity index (χ0v) is 17.1. The van der Waals surface area contributed by atoms with Crippen molar-refractivity contribution in [2.75, 3.05) is 16.4 Å². The summed E-state index contributed by atoms with van der Waals surface area (Å²) in [6.45, 7) is 2.04. The predicted octanol–water partition coefficient (Wildman–Crippen LogP) is 4.93. The molecule has 0 saturated heterocycles. The minimum Gasteiger partial charge on any atom is -0.330 e. The molecule has 0 unspecified atom stereocenters. The van der Waals surface area contributed by atoms with Crippen LogP contribution in [0.1, 0.15) is 5.56 Å². The molecule has 0 radical (unpaired) electrons. The van der Waals surface area contributed by atoms with Crippen molar-refractivity contribution in [3.8, 4) is 0 Å². The number of hydrogen-bond donors (Lipinski definition) is 2. The Hall–Kier alpha value is -1.65. The van der Waals surface area contributed by atoms with Gasteiger partial charge in [0.25, 0.3) is 0 Å². The Labute approximate surface area is 167 Å². The monoisotopic (exact) mass is 482 g/mol. The second kappa shape index (κ2) is 8.63. The molecule has 0 atom stereocenters. The molecule has 2 N–H and O–H groups in total. The first-order chi connectivity index (χ1) is 12.1. The lowest BCUT2D eigenvalue weighted by Gasteiger charge is -2.04. The molecule has 2 aromatic carbocycles. The van der Waals surface area contributed by atoms with Crippen LogP contribution in [-0.4, -0.2) is 21.9 Å². The molecule has 0 fully saturated rings. The van der Waals surface area contributed by atoms with Gasteiger partial charge in [0, 0.05) is 14.9 Å². The standard InChI is InChI=1S/C17H15IN4OS2/c1-11-4-2-3-5-14(11)20-16-21-22-17(25-16)24-10-15(23)19-13-8-6-12(18)7-9-13/h2-9H,10H2,1H3,(H,19,23)(H,20,21). The van der Waals surface area contributed by atoms with Gasteiger partial charge in [0.05, 0.1) is 5.75 Å². The van der Waals surface area contributed by atoms with Crippen LogP contribution >= 0.6 is 45.7 Å². The number of nitrogens with zero attached hydrogens (tertiary/aromatic N) is 2. The Kier molecular flexibility index (Phi) is 6.27. The average molecular weight is 482 g/mol. The van der Waals surface area contributed by atoms with Gasteiger partial charge in [-0.3, -0.25) is 4.79 Å². The van der Waals surface area contributed by atoms with Gasteiger partial charge in [-0.2, -0.15) is 0 Å². The van der Waals surface area contributed by atoms with Gasteiger partial charge in [0.15, 0.2) is 4.34 Å². The van der Waals surface area contributed by atoms with E-state index in [2.05, 4.69) is 43.4 Å². The molecule has 1 heterocycles. The number of carbonyl (C=O) groups excluding carboxylic acids is 1. The number of aromatic nitrogens is 2. The minimum atomic E-state index is -0.0604. The fourth-order valence-electron chi connectivity index (χ4n) is 2.00. The third-order valence-corrected chi connectivity index (χ3v) is 5.94. The van der Waals surface area contributed by atoms with Crippen molar-refractivity contribution in [1.29, 1.82) is 0 Å². The molecule has 5 nitrogen and oxygen atoms in total. The van der Waals surface area contributed by atoms with Gasteiger partial charge in [0.1, 0.15) is 0 Å². The summed E-state index contributed by atoms with van der Waals surface area (Å²) in [5.74, 6) is 0.236. The van der Waals surface area contributed by atoms with Gasteiger partial charge in [-0.1, -0.05) is 41.3 Å². The van der Waals surface area contributed by atoms with Gasteiger partial charge >= 0.3 is 0 Å². The third kappa shape index (κ3) is 5.41. The van der Waals surface area contributed by atoms with Crippen LogP contribution in [-0.2, 0) is 4.79 Å². The number of amides is 1. The lowest BCUT2D eigenvalue weighted by molar-refractivity contribution is -0.113. The van der Waals surface area contributed by atoms with E-state index in [1.54, 1.807) is 0 Å². The number of halogens is 1. The number of aryl methyl sites for hydroxylation is 1. The first-order valence-electron chi connectivity index (χ1n) is 7.44. The summed E-state index contributed by atoms with van der Waals surface area (Å²) >= 11 is 5.04. The Bertz CT molecular complexity index is 867. The SMILES string of the molecule is Cc1ccccc1Nc1nnc(SCC(=O)Nc2ccc(I)cc2)s1. The molecule has 3 aromatic rings. The van der Waals surface area contributed by atoms with Crippen LogP contribution in [0.5, 0.6) is 0 Å². The number of para-hydroxylation sites is 1. The zero-order valence-electron chi connectivity index (χ0n) is 13.3. The van der Waals surface area contributed by atoms with Crippen molar-refractivity contribution in [2.24, 2.45) is 0 Å². The van der Waals surface area contributed by atoms with Crippen LogP contribution in [0.3, 0.4) is 0 Å². The molecule has 0 spiro atoms. The highest BCUT2D eigenvalue weighted by molar-refractivity contribution is 14.1. The van der Waals surface area contributed by atoms with Crippen LogP contribution in [0, 0.1) is 10.5 Å². The summed E-state index contributed by atoms with van der Waals surface area (Å²) < 4.78 is 1.89. The number of hydrogen-bond acceptors (Lipinski definition) is 6. The van der Waals surface area contributed by atoms with Gasteiger partial charge in [-0.05, 0) is 65.4 Å². The average Bonchev–Trinajstić information content (AvgIpc) is 3.05. The maximum absolute atomic E-state index is 12.0. The fraction of sp³-hybridized carbons (Fsp3) is 0.118. The van der Waals surface area contributed by atoms with E-state index in [1.165, 1.54) is 23.1 Å². The lowest BCUT2D eigenvalue weighted by Crippen LogP contribution is -2.13. The van der Waals surface area contributed by atoms with E-state index in [9.17, 15) is 4.79 Å². The van der Waals surface area contributed by atoms with Crippen molar-refractivity contribution < 1.29 is 4.79 Å². The van der Waals surface area contributed by atoms with Crippen LogP contribution in [0.2, 0.25) is 0 Å². The molecular formula is C17H15IN4OS2. The van der Waals surface area contributed by atoms with Crippen molar-refractivity contribution in [1.82, 2.24) is 10.2 Å². The van der Waals surface area contributed by atoms with E-state index in [0.717, 1.165) is 30.0 Å². The molecule has 1 amide bonds. The van der Waals surface area contributed by atoms with Crippen molar-refractivity contribution in [3.05, 3.63) is 57.7 Å². The van der Waals surface area contributed by atoms with E-state index in [1.807, 2.05) is 55.5 Å². The maximum Gasteiger partial charge on any atom is 0.234 e. The maximum atomic E-state index is 12.0. The Balaban J connectivity index is 1.52. The summed E-state index contributed by atoms with van der Waals surface area (Å²) in [6.07, 6.45) is 0. The normalized spacial score (nSPS) is 10.5. The number of benzene rings is 2. The van der Waals surface area contributed by atoms with Gasteiger partial charge in [-0.25, -0.2) is 0 Å². The van der Waals surface area contributed by atoms with Crippen molar-refractivity contribution in [2.45, 2.75) is 11.3 Å². The highest BCUT2D eigenvalue weighted by atomic mass is 127. The first-order valence-corrected chi connectivity index (χ1v) is 10.3. The smallest absolute Gasteiger partial charge is 0.234 e. The predicted molar refractivity (Wildman–Crippen MR) is 113 cm³/mol. The van der Waals surface area contributed by atoms with Crippen molar-refractivity contribution in [3.63, 3.8) is 0 Å². The summed E-state index contributed by atoms with van der Waals surface area (Å²) in [4.78, 5) is 12.0. The Morgan fingerprint density at radius 3 is 2.68 bits per heavy atom. The quantitative estimate of drug-likeness (QED) is 0.386. The summed E-state index contributed by atoms with van der Waals surface area (Å²) in [5, 5.41) is 15.1. The van der Waals surface area contributed by atoms with E-state index < -0.39 is 0 Å². The van der Waals surface area contributed by atoms with Crippen LogP contribution in [0.4, 0.5) is 16.5 Å². The van der Waals surface area contributed by atoms with Crippen molar-refractivity contribution >= 4 is 68.1 Å². The molecule has 1 aromatic heterocycles. The summed E-state index contributed by atoms with van der Waals surface area (Å²) in [7, 11) is 0. The van der Waals surface area contributed by atoms with Gasteiger partial charge in [-0.15, -0.1) is 10.2 Å². The van der Waals surface area contributed by atoms with E-state index in [0.29, 0.717) is 5.75 Å². The highest BCUT2D eigenvalue weighted by Gasteiger charge is 2.09. The molecule has 25 heavy (non-hydrogen) atoms. The third-order valence-electron chi connectivity index (χ3n) is 3.25. The molecule has 3 rings (SSSR count). The largest absolute Gasteiger partial charge is 0.330 e. The molecular weight excluding hydrogens is 467 g/mol.